The minimum Gasteiger partial charge on any atom is -0.373 e. The van der Waals surface area contributed by atoms with E-state index in [0.29, 0.717) is 12.0 Å². The van der Waals surface area contributed by atoms with Crippen molar-refractivity contribution in [3.63, 3.8) is 0 Å². The van der Waals surface area contributed by atoms with Crippen LogP contribution in [0, 0.1) is 0 Å². The van der Waals surface area contributed by atoms with E-state index in [-0.39, 0.29) is 0 Å². The summed E-state index contributed by atoms with van der Waals surface area (Å²) >= 11 is 0. The SMILES string of the molecule is CNc1cc(N2CCCCCC2C)nc(C(C)C)n1. The lowest BCUT2D eigenvalue weighted by Crippen LogP contribution is -2.33. The second kappa shape index (κ2) is 6.22. The van der Waals surface area contributed by atoms with Crippen LogP contribution in [0.1, 0.15) is 58.2 Å². The summed E-state index contributed by atoms with van der Waals surface area (Å²) in [6, 6.07) is 2.65. The van der Waals surface area contributed by atoms with E-state index in [9.17, 15) is 0 Å². The van der Waals surface area contributed by atoms with E-state index in [0.717, 1.165) is 24.0 Å². The number of hydrogen-bond donors (Lipinski definition) is 1. The standard InChI is InChI=1S/C15H26N4/c1-11(2)15-17-13(16-4)10-14(18-15)19-9-7-5-6-8-12(19)3/h10-12H,5-9H2,1-4H3,(H,16,17,18). The van der Waals surface area contributed by atoms with Gasteiger partial charge in [0.2, 0.25) is 0 Å². The van der Waals surface area contributed by atoms with Gasteiger partial charge in [-0.25, -0.2) is 9.97 Å². The molecule has 1 atom stereocenters. The van der Waals surface area contributed by atoms with Crippen molar-refractivity contribution < 1.29 is 0 Å². The normalized spacial score (nSPS) is 20.5. The highest BCUT2D eigenvalue weighted by Crippen LogP contribution is 2.25. The summed E-state index contributed by atoms with van der Waals surface area (Å²) in [7, 11) is 1.92. The van der Waals surface area contributed by atoms with Gasteiger partial charge in [0.15, 0.2) is 0 Å². The zero-order valence-electron chi connectivity index (χ0n) is 12.6. The number of hydrogen-bond acceptors (Lipinski definition) is 4. The van der Waals surface area contributed by atoms with Gasteiger partial charge in [0, 0.05) is 31.6 Å². The van der Waals surface area contributed by atoms with Gasteiger partial charge in [-0.05, 0) is 19.8 Å². The highest BCUT2D eigenvalue weighted by molar-refractivity contribution is 5.50. The summed E-state index contributed by atoms with van der Waals surface area (Å²) in [5, 5.41) is 3.15. The first-order chi connectivity index (χ1) is 9.11. The van der Waals surface area contributed by atoms with Crippen molar-refractivity contribution in [2.24, 2.45) is 0 Å². The minimum atomic E-state index is 0.356. The highest BCUT2D eigenvalue weighted by Gasteiger charge is 2.20. The van der Waals surface area contributed by atoms with E-state index in [1.54, 1.807) is 0 Å². The zero-order valence-corrected chi connectivity index (χ0v) is 12.6. The Morgan fingerprint density at radius 1 is 1.26 bits per heavy atom. The summed E-state index contributed by atoms with van der Waals surface area (Å²) in [5.41, 5.74) is 0. The van der Waals surface area contributed by atoms with Crippen LogP contribution < -0.4 is 10.2 Å². The summed E-state index contributed by atoms with van der Waals surface area (Å²) in [6.07, 6.45) is 5.19. The molecule has 4 nitrogen and oxygen atoms in total. The van der Waals surface area contributed by atoms with Gasteiger partial charge in [0.1, 0.15) is 17.5 Å². The zero-order chi connectivity index (χ0) is 13.8. The molecule has 19 heavy (non-hydrogen) atoms. The number of rotatable bonds is 3. The fraction of sp³-hybridized carbons (Fsp3) is 0.733. The van der Waals surface area contributed by atoms with E-state index >= 15 is 0 Å². The predicted octanol–water partition coefficient (Wildman–Crippen LogP) is 3.41. The van der Waals surface area contributed by atoms with Gasteiger partial charge >= 0.3 is 0 Å². The van der Waals surface area contributed by atoms with Crippen LogP contribution >= 0.6 is 0 Å². The molecular weight excluding hydrogens is 236 g/mol. The van der Waals surface area contributed by atoms with Crippen molar-refractivity contribution in [1.82, 2.24) is 9.97 Å². The van der Waals surface area contributed by atoms with Crippen molar-refractivity contribution in [1.29, 1.82) is 0 Å². The highest BCUT2D eigenvalue weighted by atomic mass is 15.2. The van der Waals surface area contributed by atoms with Crippen LogP contribution in [-0.2, 0) is 0 Å². The fourth-order valence-corrected chi connectivity index (χ4v) is 2.60. The molecule has 0 radical (unpaired) electrons. The van der Waals surface area contributed by atoms with Gasteiger partial charge in [-0.3, -0.25) is 0 Å². The van der Waals surface area contributed by atoms with Crippen LogP contribution in [0.15, 0.2) is 6.07 Å². The molecular formula is C15H26N4. The number of anilines is 2. The maximum absolute atomic E-state index is 4.77. The second-order valence-electron chi connectivity index (χ2n) is 5.77. The Morgan fingerprint density at radius 2 is 2.05 bits per heavy atom. The van der Waals surface area contributed by atoms with Crippen molar-refractivity contribution in [2.45, 2.75) is 58.4 Å². The molecule has 0 saturated carbocycles. The molecule has 0 bridgehead atoms. The first-order valence-corrected chi connectivity index (χ1v) is 7.45. The Hall–Kier alpha value is -1.32. The monoisotopic (exact) mass is 262 g/mol. The van der Waals surface area contributed by atoms with Crippen molar-refractivity contribution in [3.05, 3.63) is 11.9 Å². The van der Waals surface area contributed by atoms with E-state index < -0.39 is 0 Å². The van der Waals surface area contributed by atoms with Crippen molar-refractivity contribution in [2.75, 3.05) is 23.8 Å². The molecule has 0 aromatic carbocycles. The summed E-state index contributed by atoms with van der Waals surface area (Å²) in [6.45, 7) is 7.70. The molecule has 106 valence electrons. The van der Waals surface area contributed by atoms with Crippen LogP contribution in [0.3, 0.4) is 0 Å². The van der Waals surface area contributed by atoms with Crippen LogP contribution in [-0.4, -0.2) is 29.6 Å². The lowest BCUT2D eigenvalue weighted by Gasteiger charge is -2.29. The van der Waals surface area contributed by atoms with Crippen LogP contribution in [0.5, 0.6) is 0 Å². The third-order valence-corrected chi connectivity index (χ3v) is 3.85. The van der Waals surface area contributed by atoms with Gasteiger partial charge in [0.25, 0.3) is 0 Å². The molecule has 1 aromatic heterocycles. The van der Waals surface area contributed by atoms with Gasteiger partial charge < -0.3 is 10.2 Å². The first-order valence-electron chi connectivity index (χ1n) is 7.45. The Kier molecular flexibility index (Phi) is 4.61. The third-order valence-electron chi connectivity index (χ3n) is 3.85. The van der Waals surface area contributed by atoms with Crippen LogP contribution in [0.4, 0.5) is 11.6 Å². The first kappa shape index (κ1) is 14.1. The van der Waals surface area contributed by atoms with Crippen molar-refractivity contribution >= 4 is 11.6 Å². The third kappa shape index (κ3) is 3.37. The summed E-state index contributed by atoms with van der Waals surface area (Å²) in [5.74, 6) is 3.29. The smallest absolute Gasteiger partial charge is 0.135 e. The van der Waals surface area contributed by atoms with E-state index in [1.165, 1.54) is 25.7 Å². The molecule has 1 fully saturated rings. The van der Waals surface area contributed by atoms with Gasteiger partial charge in [-0.2, -0.15) is 0 Å². The summed E-state index contributed by atoms with van der Waals surface area (Å²) < 4.78 is 0. The topological polar surface area (TPSA) is 41.0 Å². The number of aromatic nitrogens is 2. The quantitative estimate of drug-likeness (QED) is 0.906. The molecule has 1 N–H and O–H groups in total. The second-order valence-corrected chi connectivity index (χ2v) is 5.77. The largest absolute Gasteiger partial charge is 0.373 e. The average Bonchev–Trinajstić information content (AvgIpc) is 2.62. The fourth-order valence-electron chi connectivity index (χ4n) is 2.60. The Morgan fingerprint density at radius 3 is 2.74 bits per heavy atom. The molecule has 2 heterocycles. The van der Waals surface area contributed by atoms with Gasteiger partial charge in [-0.1, -0.05) is 26.7 Å². The Labute approximate surface area is 116 Å². The molecule has 4 heteroatoms. The Bertz CT molecular complexity index is 417. The molecule has 1 aromatic rings. The molecule has 1 aliphatic rings. The number of nitrogens with one attached hydrogen (secondary N) is 1. The van der Waals surface area contributed by atoms with E-state index in [4.69, 9.17) is 4.98 Å². The maximum Gasteiger partial charge on any atom is 0.135 e. The molecule has 0 amide bonds. The van der Waals surface area contributed by atoms with Crippen molar-refractivity contribution in [3.8, 4) is 0 Å². The Balaban J connectivity index is 2.33. The maximum atomic E-state index is 4.77. The number of nitrogens with zero attached hydrogens (tertiary/aromatic N) is 3. The van der Waals surface area contributed by atoms with Crippen LogP contribution in [0.2, 0.25) is 0 Å². The van der Waals surface area contributed by atoms with Crippen LogP contribution in [0.25, 0.3) is 0 Å². The lowest BCUT2D eigenvalue weighted by molar-refractivity contribution is 0.608. The molecule has 0 spiro atoms. The lowest BCUT2D eigenvalue weighted by atomic mass is 10.1. The predicted molar refractivity (Wildman–Crippen MR) is 80.9 cm³/mol. The minimum absolute atomic E-state index is 0.356. The van der Waals surface area contributed by atoms with E-state index in [2.05, 4.69) is 42.0 Å². The van der Waals surface area contributed by atoms with Gasteiger partial charge in [-0.15, -0.1) is 0 Å². The average molecular weight is 262 g/mol. The molecule has 2 rings (SSSR count). The van der Waals surface area contributed by atoms with E-state index in [1.807, 2.05) is 7.05 Å². The summed E-state index contributed by atoms with van der Waals surface area (Å²) in [4.78, 5) is 11.8. The molecule has 1 saturated heterocycles. The van der Waals surface area contributed by atoms with Gasteiger partial charge in [0.05, 0.1) is 0 Å². The molecule has 1 aliphatic heterocycles. The molecule has 1 unspecified atom stereocenters. The molecule has 0 aliphatic carbocycles.